The Morgan fingerprint density at radius 3 is 2.06 bits per heavy atom. The van der Waals surface area contributed by atoms with E-state index in [9.17, 15) is 18.0 Å². The Labute approximate surface area is 210 Å². The van der Waals surface area contributed by atoms with Crippen LogP contribution in [0.5, 0.6) is 0 Å². The third-order valence-corrected chi connectivity index (χ3v) is 7.08. The van der Waals surface area contributed by atoms with Gasteiger partial charge in [-0.2, -0.15) is 0 Å². The molecule has 2 rings (SSSR count). The van der Waals surface area contributed by atoms with E-state index in [1.54, 1.807) is 12.1 Å². The van der Waals surface area contributed by atoms with Gasteiger partial charge in [0.2, 0.25) is 21.8 Å². The molecule has 0 saturated carbocycles. The predicted molar refractivity (Wildman–Crippen MR) is 142 cm³/mol. The number of benzene rings is 2. The first-order chi connectivity index (χ1) is 16.5. The number of hydrogen-bond acceptors (Lipinski definition) is 4. The van der Waals surface area contributed by atoms with E-state index in [1.165, 1.54) is 4.90 Å². The van der Waals surface area contributed by atoms with Gasteiger partial charge in [0, 0.05) is 13.1 Å². The summed E-state index contributed by atoms with van der Waals surface area (Å²) in [5, 5.41) is 2.88. The summed E-state index contributed by atoms with van der Waals surface area (Å²) in [7, 11) is -3.74. The molecule has 0 radical (unpaired) electrons. The minimum Gasteiger partial charge on any atom is -0.354 e. The van der Waals surface area contributed by atoms with Gasteiger partial charge in [-0.25, -0.2) is 8.42 Å². The van der Waals surface area contributed by atoms with Crippen molar-refractivity contribution < 1.29 is 18.0 Å². The molecule has 0 saturated heterocycles. The van der Waals surface area contributed by atoms with Gasteiger partial charge in [-0.05, 0) is 48.9 Å². The highest BCUT2D eigenvalue weighted by Crippen LogP contribution is 2.23. The Balaban J connectivity index is 2.40. The second kappa shape index (κ2) is 12.7. The molecule has 1 atom stereocenters. The van der Waals surface area contributed by atoms with E-state index in [2.05, 4.69) is 19.2 Å². The number of amides is 2. The number of nitrogens with one attached hydrogen (secondary N) is 1. The van der Waals surface area contributed by atoms with Crippen molar-refractivity contribution in [2.24, 2.45) is 0 Å². The van der Waals surface area contributed by atoms with E-state index in [1.807, 2.05) is 57.2 Å². The normalized spacial score (nSPS) is 12.3. The van der Waals surface area contributed by atoms with E-state index in [4.69, 9.17) is 0 Å². The van der Waals surface area contributed by atoms with Crippen LogP contribution in [0.15, 0.2) is 48.5 Å². The highest BCUT2D eigenvalue weighted by Gasteiger charge is 2.31. The van der Waals surface area contributed by atoms with Crippen molar-refractivity contribution in [1.82, 2.24) is 10.2 Å². The lowest BCUT2D eigenvalue weighted by Gasteiger charge is -2.33. The average Bonchev–Trinajstić information content (AvgIpc) is 2.81. The predicted octanol–water partition coefficient (Wildman–Crippen LogP) is 4.22. The first-order valence-electron chi connectivity index (χ1n) is 12.2. The summed E-state index contributed by atoms with van der Waals surface area (Å²) >= 11 is 0. The number of nitrogens with zero attached hydrogens (tertiary/aromatic N) is 2. The Kier molecular flexibility index (Phi) is 10.3. The zero-order chi connectivity index (χ0) is 26.2. The lowest BCUT2D eigenvalue weighted by molar-refractivity contribution is -0.140. The fourth-order valence-electron chi connectivity index (χ4n) is 3.81. The van der Waals surface area contributed by atoms with Gasteiger partial charge < -0.3 is 10.2 Å². The van der Waals surface area contributed by atoms with E-state index < -0.39 is 22.0 Å². The summed E-state index contributed by atoms with van der Waals surface area (Å²) in [6.07, 6.45) is 2.28. The molecule has 0 bridgehead atoms. The molecule has 0 aliphatic carbocycles. The largest absolute Gasteiger partial charge is 0.354 e. The number of sulfonamides is 1. The van der Waals surface area contributed by atoms with Crippen LogP contribution in [0.25, 0.3) is 0 Å². The Bertz CT molecular complexity index is 1080. The molecule has 0 aliphatic heterocycles. The van der Waals surface area contributed by atoms with Crippen molar-refractivity contribution >= 4 is 27.5 Å². The number of aryl methyl sites for hydroxylation is 1. The molecule has 2 aromatic rings. The Morgan fingerprint density at radius 1 is 0.971 bits per heavy atom. The monoisotopic (exact) mass is 501 g/mol. The summed E-state index contributed by atoms with van der Waals surface area (Å²) in [4.78, 5) is 28.1. The summed E-state index contributed by atoms with van der Waals surface area (Å²) in [5.41, 5.74) is 3.46. The molecule has 0 spiro atoms. The number of carbonyl (C=O) groups excluding carboxylic acids is 2. The molecular formula is C27H39N3O4S. The average molecular weight is 502 g/mol. The molecule has 0 unspecified atom stereocenters. The van der Waals surface area contributed by atoms with Crippen LogP contribution in [0.1, 0.15) is 63.1 Å². The Hall–Kier alpha value is -2.87. The SMILES string of the molecule is CCCNC(=O)[C@@H](CC)N(Cc1ccc(C)cc1)C(=O)CN(c1ccc(C(C)C)cc1)S(C)(=O)=O. The number of rotatable bonds is 12. The molecule has 1 N–H and O–H groups in total. The minimum absolute atomic E-state index is 0.209. The van der Waals surface area contributed by atoms with E-state index in [0.717, 1.165) is 33.7 Å². The summed E-state index contributed by atoms with van der Waals surface area (Å²) < 4.78 is 26.5. The molecule has 192 valence electrons. The molecule has 2 amide bonds. The second-order valence-corrected chi connectivity index (χ2v) is 11.1. The van der Waals surface area contributed by atoms with Crippen molar-refractivity contribution in [1.29, 1.82) is 0 Å². The van der Waals surface area contributed by atoms with Gasteiger partial charge in [-0.1, -0.05) is 69.7 Å². The van der Waals surface area contributed by atoms with Crippen molar-refractivity contribution in [2.45, 2.75) is 66.0 Å². The lowest BCUT2D eigenvalue weighted by Crippen LogP contribution is -2.52. The van der Waals surface area contributed by atoms with Crippen LogP contribution < -0.4 is 9.62 Å². The van der Waals surface area contributed by atoms with Crippen LogP contribution in [-0.2, 0) is 26.2 Å². The molecular weight excluding hydrogens is 462 g/mol. The zero-order valence-corrected chi connectivity index (χ0v) is 22.6. The van der Waals surface area contributed by atoms with Crippen LogP contribution >= 0.6 is 0 Å². The summed E-state index contributed by atoms with van der Waals surface area (Å²) in [6, 6.07) is 14.2. The topological polar surface area (TPSA) is 86.8 Å². The van der Waals surface area contributed by atoms with Gasteiger partial charge in [-0.3, -0.25) is 13.9 Å². The van der Waals surface area contributed by atoms with Crippen molar-refractivity contribution in [3.8, 4) is 0 Å². The van der Waals surface area contributed by atoms with Gasteiger partial charge in [0.15, 0.2) is 0 Å². The molecule has 0 aromatic heterocycles. The van der Waals surface area contributed by atoms with Crippen LogP contribution in [-0.4, -0.2) is 50.5 Å². The number of anilines is 1. The van der Waals surface area contributed by atoms with E-state index in [-0.39, 0.29) is 19.0 Å². The maximum atomic E-state index is 13.6. The van der Waals surface area contributed by atoms with Crippen molar-refractivity contribution in [3.63, 3.8) is 0 Å². The van der Waals surface area contributed by atoms with Crippen LogP contribution in [0.2, 0.25) is 0 Å². The summed E-state index contributed by atoms with van der Waals surface area (Å²) in [5.74, 6) is -0.362. The smallest absolute Gasteiger partial charge is 0.244 e. The maximum Gasteiger partial charge on any atom is 0.244 e. The van der Waals surface area contributed by atoms with Crippen LogP contribution in [0.4, 0.5) is 5.69 Å². The highest BCUT2D eigenvalue weighted by atomic mass is 32.2. The maximum absolute atomic E-state index is 13.6. The van der Waals surface area contributed by atoms with Gasteiger partial charge in [0.05, 0.1) is 11.9 Å². The lowest BCUT2D eigenvalue weighted by atomic mass is 10.0. The van der Waals surface area contributed by atoms with Gasteiger partial charge in [0.1, 0.15) is 12.6 Å². The quantitative estimate of drug-likeness (QED) is 0.472. The number of hydrogen-bond donors (Lipinski definition) is 1. The third-order valence-electron chi connectivity index (χ3n) is 5.94. The van der Waals surface area contributed by atoms with E-state index in [0.29, 0.717) is 24.6 Å². The molecule has 8 heteroatoms. The van der Waals surface area contributed by atoms with Gasteiger partial charge >= 0.3 is 0 Å². The van der Waals surface area contributed by atoms with Gasteiger partial charge in [-0.15, -0.1) is 0 Å². The van der Waals surface area contributed by atoms with Crippen molar-refractivity contribution in [2.75, 3.05) is 23.7 Å². The molecule has 0 heterocycles. The Morgan fingerprint density at radius 2 is 1.57 bits per heavy atom. The molecule has 7 nitrogen and oxygen atoms in total. The molecule has 0 aliphatic rings. The zero-order valence-electron chi connectivity index (χ0n) is 21.7. The van der Waals surface area contributed by atoms with Gasteiger partial charge in [0.25, 0.3) is 0 Å². The third kappa shape index (κ3) is 8.09. The summed E-state index contributed by atoms with van der Waals surface area (Å²) in [6.45, 7) is 10.3. The minimum atomic E-state index is -3.74. The molecule has 0 fully saturated rings. The first kappa shape index (κ1) is 28.4. The standard InChI is InChI=1S/C27H39N3O4S/c1-7-17-28-27(32)25(8-2)29(18-22-11-9-21(5)10-12-22)26(31)19-30(35(6,33)34)24-15-13-23(14-16-24)20(3)4/h9-16,20,25H,7-8,17-19H2,1-6H3,(H,28,32)/t25-/m1/s1. The van der Waals surface area contributed by atoms with E-state index >= 15 is 0 Å². The highest BCUT2D eigenvalue weighted by molar-refractivity contribution is 7.92. The molecule has 2 aromatic carbocycles. The van der Waals surface area contributed by atoms with Crippen molar-refractivity contribution in [3.05, 3.63) is 65.2 Å². The van der Waals surface area contributed by atoms with Crippen LogP contribution in [0.3, 0.4) is 0 Å². The van der Waals surface area contributed by atoms with Crippen LogP contribution in [0, 0.1) is 6.92 Å². The fourth-order valence-corrected chi connectivity index (χ4v) is 4.66. The fraction of sp³-hybridized carbons (Fsp3) is 0.481. The first-order valence-corrected chi connectivity index (χ1v) is 14.0. The molecule has 35 heavy (non-hydrogen) atoms. The number of carbonyl (C=O) groups is 2. The second-order valence-electron chi connectivity index (χ2n) is 9.24.